The molecule has 0 fully saturated rings. The second-order valence-corrected chi connectivity index (χ2v) is 13.7. The quantitative estimate of drug-likeness (QED) is 0.123. The largest absolute Gasteiger partial charge is 0.439 e. The number of ether oxygens (including phenoxy) is 3. The van der Waals surface area contributed by atoms with E-state index >= 15 is 0 Å². The smallest absolute Gasteiger partial charge is 0.405 e. The Bertz CT molecular complexity index is 1240. The lowest BCUT2D eigenvalue weighted by Crippen LogP contribution is -2.38. The standard InChI is InChI=1S/C32H46N3O8S2/c1-8-44-45-13-12-34-27-22-14-18(2)15-26(42-7)28(37)20(4)16-21(5)30(43-32(33)40)25(41-6)11-9-10-19(3)31(39)35-23(29(22)38)17-24(27)36/h9-11,16-18,20,25-26,28,30,34,37H,1,8,12-15H2,2-7H3,(H2,33,40)(H,35,39)/b11-9-,19-10+,21-16+/t18-,20+,25+,26+,28+,30+/m1/s1. The number of ketones is 2. The number of fused-ring (bicyclic) bond motifs is 2. The summed E-state index contributed by atoms with van der Waals surface area (Å²) in [5, 5.41) is 17.0. The number of allylic oxidation sites excluding steroid dienone is 4. The molecule has 0 aromatic heterocycles. The Morgan fingerprint density at radius 1 is 1.18 bits per heavy atom. The number of carbonyl (C=O) groups is 4. The Morgan fingerprint density at radius 2 is 1.89 bits per heavy atom. The summed E-state index contributed by atoms with van der Waals surface area (Å²) in [5.74, 6) is -0.670. The van der Waals surface area contributed by atoms with Gasteiger partial charge in [-0.25, -0.2) is 4.79 Å². The number of hydrogen-bond donors (Lipinski definition) is 4. The first-order valence-corrected chi connectivity index (χ1v) is 17.2. The average molecular weight is 665 g/mol. The molecular weight excluding hydrogens is 618 g/mol. The molecule has 249 valence electrons. The van der Waals surface area contributed by atoms with Crippen molar-refractivity contribution >= 4 is 45.2 Å². The van der Waals surface area contributed by atoms with E-state index in [0.717, 1.165) is 6.08 Å². The molecular formula is C32H46N3O8S2. The second-order valence-electron chi connectivity index (χ2n) is 11.0. The molecule has 13 heteroatoms. The van der Waals surface area contributed by atoms with Crippen LogP contribution in [0.3, 0.4) is 0 Å². The maximum atomic E-state index is 13.7. The number of rotatable bonds is 9. The molecule has 0 saturated heterocycles. The summed E-state index contributed by atoms with van der Waals surface area (Å²) in [6.45, 7) is 11.3. The number of primary amides is 1. The van der Waals surface area contributed by atoms with Gasteiger partial charge in [0.15, 0.2) is 6.10 Å². The van der Waals surface area contributed by atoms with Gasteiger partial charge in [0.2, 0.25) is 11.6 Å². The molecule has 2 rings (SSSR count). The van der Waals surface area contributed by atoms with E-state index in [1.54, 1.807) is 53.7 Å². The summed E-state index contributed by atoms with van der Waals surface area (Å²) in [6, 6.07) is 0. The zero-order valence-corrected chi connectivity index (χ0v) is 28.4. The first kappa shape index (κ1) is 38.3. The molecule has 1 radical (unpaired) electrons. The van der Waals surface area contributed by atoms with Crippen LogP contribution in [-0.2, 0) is 28.6 Å². The average Bonchev–Trinajstić information content (AvgIpc) is 2.99. The molecule has 45 heavy (non-hydrogen) atoms. The van der Waals surface area contributed by atoms with Gasteiger partial charge in [-0.15, -0.1) is 0 Å². The van der Waals surface area contributed by atoms with Gasteiger partial charge in [0.05, 0.1) is 23.6 Å². The molecule has 0 aromatic rings. The second kappa shape index (κ2) is 19.0. The summed E-state index contributed by atoms with van der Waals surface area (Å²) in [6.07, 6.45) is 3.87. The molecule has 5 N–H and O–H groups in total. The normalized spacial score (nSPS) is 30.4. The summed E-state index contributed by atoms with van der Waals surface area (Å²) >= 11 is 0. The lowest BCUT2D eigenvalue weighted by atomic mass is 9.85. The summed E-state index contributed by atoms with van der Waals surface area (Å²) in [7, 11) is 6.14. The van der Waals surface area contributed by atoms with E-state index in [4.69, 9.17) is 19.9 Å². The van der Waals surface area contributed by atoms with Gasteiger partial charge in [-0.1, -0.05) is 59.7 Å². The third kappa shape index (κ3) is 11.5. The summed E-state index contributed by atoms with van der Waals surface area (Å²) < 4.78 is 16.6. The van der Waals surface area contributed by atoms with Crippen molar-refractivity contribution in [2.75, 3.05) is 32.3 Å². The van der Waals surface area contributed by atoms with Gasteiger partial charge in [-0.3, -0.25) is 14.4 Å². The van der Waals surface area contributed by atoms with Crippen molar-refractivity contribution in [1.29, 1.82) is 0 Å². The summed E-state index contributed by atoms with van der Waals surface area (Å²) in [5.41, 5.74) is 6.56. The third-order valence-electron chi connectivity index (χ3n) is 7.45. The molecule has 11 nitrogen and oxygen atoms in total. The van der Waals surface area contributed by atoms with Crippen LogP contribution in [-0.4, -0.2) is 85.4 Å². The van der Waals surface area contributed by atoms with Crippen LogP contribution >= 0.6 is 21.6 Å². The molecule has 2 bridgehead atoms. The number of carbonyl (C=O) groups excluding carboxylic acids is 4. The van der Waals surface area contributed by atoms with Crippen LogP contribution in [0.2, 0.25) is 0 Å². The van der Waals surface area contributed by atoms with Crippen molar-refractivity contribution in [3.05, 3.63) is 65.4 Å². The van der Waals surface area contributed by atoms with E-state index in [1.165, 1.54) is 20.3 Å². The van der Waals surface area contributed by atoms with E-state index in [9.17, 15) is 24.3 Å². The molecule has 1 aliphatic heterocycles. The zero-order valence-electron chi connectivity index (χ0n) is 26.8. The Morgan fingerprint density at radius 3 is 2.51 bits per heavy atom. The number of aliphatic hydroxyl groups is 1. The fourth-order valence-electron chi connectivity index (χ4n) is 5.11. The molecule has 6 atom stereocenters. The molecule has 2 amide bonds. The van der Waals surface area contributed by atoms with Crippen molar-refractivity contribution < 1.29 is 38.5 Å². The molecule has 0 spiro atoms. The highest BCUT2D eigenvalue weighted by Crippen LogP contribution is 2.29. The topological polar surface area (TPSA) is 166 Å². The van der Waals surface area contributed by atoms with Crippen LogP contribution in [0, 0.1) is 18.8 Å². The van der Waals surface area contributed by atoms with Crippen molar-refractivity contribution in [2.24, 2.45) is 17.6 Å². The van der Waals surface area contributed by atoms with Gasteiger partial charge in [0, 0.05) is 55.4 Å². The van der Waals surface area contributed by atoms with Crippen molar-refractivity contribution in [3.63, 3.8) is 0 Å². The number of nitrogens with two attached hydrogens (primary N) is 1. The maximum absolute atomic E-state index is 13.7. The van der Waals surface area contributed by atoms with Crippen molar-refractivity contribution in [2.45, 2.75) is 65.0 Å². The minimum Gasteiger partial charge on any atom is -0.439 e. The van der Waals surface area contributed by atoms with Crippen LogP contribution in [0.5, 0.6) is 0 Å². The Balaban J connectivity index is 2.57. The predicted octanol–water partition coefficient (Wildman–Crippen LogP) is 3.57. The molecule has 2 aliphatic rings. The van der Waals surface area contributed by atoms with Gasteiger partial charge in [0.1, 0.15) is 6.10 Å². The summed E-state index contributed by atoms with van der Waals surface area (Å²) in [4.78, 5) is 51.8. The molecule has 1 aliphatic carbocycles. The van der Waals surface area contributed by atoms with Gasteiger partial charge >= 0.3 is 6.09 Å². The van der Waals surface area contributed by atoms with Crippen LogP contribution in [0.15, 0.2) is 58.5 Å². The Kier molecular flexibility index (Phi) is 16.2. The van der Waals surface area contributed by atoms with E-state index in [2.05, 4.69) is 17.6 Å². The highest BCUT2D eigenvalue weighted by Gasteiger charge is 2.33. The fourth-order valence-corrected chi connectivity index (χ4v) is 6.49. The van der Waals surface area contributed by atoms with E-state index < -0.39 is 53.9 Å². The first-order valence-electron chi connectivity index (χ1n) is 14.7. The number of amides is 2. The highest BCUT2D eigenvalue weighted by molar-refractivity contribution is 8.76. The lowest BCUT2D eigenvalue weighted by molar-refractivity contribution is -0.120. The molecule has 0 saturated carbocycles. The number of Topliss-reactive ketones (excluding diaryl/α,β-unsaturated/α-hetero) is 1. The van der Waals surface area contributed by atoms with Crippen LogP contribution in [0.25, 0.3) is 0 Å². The number of methoxy groups -OCH3 is 2. The minimum absolute atomic E-state index is 0.115. The van der Waals surface area contributed by atoms with Gasteiger partial charge in [0.25, 0.3) is 5.91 Å². The van der Waals surface area contributed by atoms with Crippen LogP contribution < -0.4 is 16.4 Å². The fraction of sp³-hybridized carbons (Fsp3) is 0.531. The molecule has 1 heterocycles. The number of nitrogens with one attached hydrogen (secondary N) is 2. The Labute approximate surface area is 273 Å². The van der Waals surface area contributed by atoms with Crippen LogP contribution in [0.4, 0.5) is 4.79 Å². The van der Waals surface area contributed by atoms with E-state index in [0.29, 0.717) is 30.0 Å². The van der Waals surface area contributed by atoms with Crippen molar-refractivity contribution in [3.8, 4) is 0 Å². The third-order valence-corrected chi connectivity index (χ3v) is 9.65. The van der Waals surface area contributed by atoms with Gasteiger partial charge in [-0.05, 0) is 45.1 Å². The maximum Gasteiger partial charge on any atom is 0.405 e. The molecule has 0 aromatic carbocycles. The van der Waals surface area contributed by atoms with E-state index in [1.807, 2.05) is 13.8 Å². The van der Waals surface area contributed by atoms with Gasteiger partial charge < -0.3 is 35.7 Å². The SMILES string of the molecule is [CH2]CSSCCNC1=C2C[C@@H](C)C[C@H](OC)[C@@H](O)[C@@H](C)/C=C(\C)[C@H](OC(N)=O)[C@@H](OC)/C=C\C=C(/C)C(=O)NC(=CC1=O)C2=O. The zero-order chi connectivity index (χ0) is 33.7. The van der Waals surface area contributed by atoms with Crippen molar-refractivity contribution in [1.82, 2.24) is 10.6 Å². The minimum atomic E-state index is -0.998. The van der Waals surface area contributed by atoms with Crippen LogP contribution in [0.1, 0.15) is 40.5 Å². The molecule has 0 unspecified atom stereocenters. The number of hydrogen-bond acceptors (Lipinski definition) is 11. The lowest BCUT2D eigenvalue weighted by Gasteiger charge is -2.30. The van der Waals surface area contributed by atoms with E-state index in [-0.39, 0.29) is 34.9 Å². The Hall–Kier alpha value is -2.84. The number of aliphatic hydroxyl groups excluding tert-OH is 1. The first-order chi connectivity index (χ1) is 21.3. The predicted molar refractivity (Wildman–Crippen MR) is 178 cm³/mol. The monoisotopic (exact) mass is 664 g/mol. The highest BCUT2D eigenvalue weighted by atomic mass is 33.1. The van der Waals surface area contributed by atoms with Gasteiger partial charge in [-0.2, -0.15) is 0 Å².